The van der Waals surface area contributed by atoms with E-state index in [0.717, 1.165) is 11.1 Å². The quantitative estimate of drug-likeness (QED) is 0.343. The molecule has 0 saturated carbocycles. The highest BCUT2D eigenvalue weighted by Gasteiger charge is 2.25. The van der Waals surface area contributed by atoms with Crippen LogP contribution in [0.15, 0.2) is 53.6 Å². The lowest BCUT2D eigenvalue weighted by Gasteiger charge is -2.10. The number of unbranched alkanes of at least 4 members (excludes halogenated alkanes) is 2. The van der Waals surface area contributed by atoms with Crippen molar-refractivity contribution in [2.45, 2.75) is 31.9 Å². The lowest BCUT2D eigenvalue weighted by atomic mass is 10.00. The molecule has 0 unspecified atom stereocenters. The maximum absolute atomic E-state index is 13.0. The Morgan fingerprint density at radius 2 is 1.85 bits per heavy atom. The summed E-state index contributed by atoms with van der Waals surface area (Å²) in [5.41, 5.74) is 2.90. The molecule has 0 spiro atoms. The number of tetrazole rings is 1. The number of aryl methyl sites for hydroxylation is 1. The van der Waals surface area contributed by atoms with Crippen molar-refractivity contribution in [1.82, 2.24) is 30.2 Å². The molecule has 1 aromatic carbocycles. The zero-order valence-corrected chi connectivity index (χ0v) is 18.4. The first-order chi connectivity index (χ1) is 16.3. The molecule has 0 radical (unpaired) electrons. The number of rotatable bonds is 9. The molecule has 178 valence electrons. The van der Waals surface area contributed by atoms with E-state index in [9.17, 15) is 18.0 Å². The monoisotopic (exact) mass is 472 g/mol. The molecule has 34 heavy (non-hydrogen) atoms. The first kappa shape index (κ1) is 23.3. The summed E-state index contributed by atoms with van der Waals surface area (Å²) in [5, 5.41) is 13.7. The molecular formula is C23H23F3N6O2. The Morgan fingerprint density at radius 3 is 2.50 bits per heavy atom. The summed E-state index contributed by atoms with van der Waals surface area (Å²) in [7, 11) is 1.89. The van der Waals surface area contributed by atoms with Crippen LogP contribution in [0.3, 0.4) is 0 Å². The predicted molar refractivity (Wildman–Crippen MR) is 120 cm³/mol. The minimum absolute atomic E-state index is 0.100. The van der Waals surface area contributed by atoms with E-state index < -0.39 is 12.6 Å². The molecule has 0 amide bonds. The van der Waals surface area contributed by atoms with Crippen LogP contribution in [-0.4, -0.2) is 43.0 Å². The van der Waals surface area contributed by atoms with Gasteiger partial charge in [0.05, 0.1) is 12.2 Å². The first-order valence-electron chi connectivity index (χ1n) is 10.7. The molecular weight excluding hydrogens is 449 g/mol. The fourth-order valence-electron chi connectivity index (χ4n) is 3.63. The van der Waals surface area contributed by atoms with Crippen LogP contribution < -0.4 is 10.3 Å². The molecule has 2 N–H and O–H groups in total. The molecule has 3 aromatic heterocycles. The van der Waals surface area contributed by atoms with Crippen molar-refractivity contribution in [2.24, 2.45) is 7.05 Å². The van der Waals surface area contributed by atoms with Crippen LogP contribution in [0.4, 0.5) is 13.2 Å². The molecule has 8 nitrogen and oxygen atoms in total. The summed E-state index contributed by atoms with van der Waals surface area (Å²) in [5.74, 6) is 0.875. The third kappa shape index (κ3) is 5.72. The number of halogens is 3. The SMILES string of the molecule is Cn1ccc(-c2cc(-c3ccc(OCCCCCC(F)(F)F)cc3)[nH]c(=O)c2-c2nnn[nH]2)c1. The molecule has 0 aliphatic heterocycles. The predicted octanol–water partition coefficient (Wildman–Crippen LogP) is 4.73. The number of H-pyrrole nitrogens is 2. The smallest absolute Gasteiger partial charge is 0.389 e. The standard InChI is InChI=1S/C23H23F3N6O2/c1-32-11-9-16(14-32)18-13-19(27-22(33)20(18)21-28-30-31-29-21)15-5-7-17(8-6-15)34-12-4-2-3-10-23(24,25)26/h5-9,11,13-14H,2-4,10,12H2,1H3,(H,27,33)(H,28,29,30,31). The Labute approximate surface area is 192 Å². The summed E-state index contributed by atoms with van der Waals surface area (Å²) in [4.78, 5) is 15.9. The number of pyridine rings is 1. The summed E-state index contributed by atoms with van der Waals surface area (Å²) in [6, 6.07) is 10.9. The molecule has 0 aliphatic carbocycles. The topological polar surface area (TPSA) is 101 Å². The number of aromatic amines is 2. The number of benzene rings is 1. The van der Waals surface area contributed by atoms with Gasteiger partial charge in [0.1, 0.15) is 5.75 Å². The Kier molecular flexibility index (Phi) is 6.80. The van der Waals surface area contributed by atoms with Crippen molar-refractivity contribution in [1.29, 1.82) is 0 Å². The molecule has 0 atom stereocenters. The molecule has 11 heteroatoms. The second-order valence-corrected chi connectivity index (χ2v) is 7.91. The zero-order valence-electron chi connectivity index (χ0n) is 18.4. The average molecular weight is 472 g/mol. The number of aromatic nitrogens is 6. The lowest BCUT2D eigenvalue weighted by Crippen LogP contribution is -2.12. The molecule has 3 heterocycles. The second kappa shape index (κ2) is 9.94. The van der Waals surface area contributed by atoms with Gasteiger partial charge in [-0.05, 0) is 71.7 Å². The molecule has 0 fully saturated rings. The fourth-order valence-corrected chi connectivity index (χ4v) is 3.63. The van der Waals surface area contributed by atoms with Crippen molar-refractivity contribution in [3.8, 4) is 39.5 Å². The van der Waals surface area contributed by atoms with Gasteiger partial charge in [0.25, 0.3) is 5.56 Å². The third-order valence-corrected chi connectivity index (χ3v) is 5.30. The fraction of sp³-hybridized carbons (Fsp3) is 0.304. The third-order valence-electron chi connectivity index (χ3n) is 5.30. The Hall–Kier alpha value is -3.89. The molecule has 0 saturated heterocycles. The van der Waals surface area contributed by atoms with Gasteiger partial charge in [-0.2, -0.15) is 13.2 Å². The summed E-state index contributed by atoms with van der Waals surface area (Å²) in [6.45, 7) is 0.339. The van der Waals surface area contributed by atoms with Crippen LogP contribution in [0.5, 0.6) is 5.75 Å². The summed E-state index contributed by atoms with van der Waals surface area (Å²) in [6.07, 6.45) is 0.00464. The van der Waals surface area contributed by atoms with Gasteiger partial charge in [-0.15, -0.1) is 5.10 Å². The maximum atomic E-state index is 13.0. The largest absolute Gasteiger partial charge is 0.494 e. The number of nitrogens with one attached hydrogen (secondary N) is 2. The van der Waals surface area contributed by atoms with Crippen LogP contribution in [0, 0.1) is 0 Å². The van der Waals surface area contributed by atoms with Gasteiger partial charge in [0.15, 0.2) is 5.82 Å². The number of ether oxygens (including phenoxy) is 1. The van der Waals surface area contributed by atoms with Crippen LogP contribution in [0.25, 0.3) is 33.8 Å². The highest BCUT2D eigenvalue weighted by atomic mass is 19.4. The normalized spacial score (nSPS) is 11.6. The van der Waals surface area contributed by atoms with Crippen LogP contribution >= 0.6 is 0 Å². The number of alkyl halides is 3. The van der Waals surface area contributed by atoms with Crippen LogP contribution in [-0.2, 0) is 7.05 Å². The van der Waals surface area contributed by atoms with Gasteiger partial charge in [-0.1, -0.05) is 0 Å². The highest BCUT2D eigenvalue weighted by molar-refractivity contribution is 5.82. The van der Waals surface area contributed by atoms with Gasteiger partial charge in [-0.25, -0.2) is 5.10 Å². The Morgan fingerprint density at radius 1 is 1.06 bits per heavy atom. The summed E-state index contributed by atoms with van der Waals surface area (Å²) >= 11 is 0. The Bertz CT molecular complexity index is 1280. The van der Waals surface area contributed by atoms with E-state index in [-0.39, 0.29) is 17.8 Å². The van der Waals surface area contributed by atoms with Crippen molar-refractivity contribution >= 4 is 0 Å². The molecule has 0 bridgehead atoms. The van der Waals surface area contributed by atoms with E-state index in [2.05, 4.69) is 25.6 Å². The van der Waals surface area contributed by atoms with E-state index in [1.165, 1.54) is 0 Å². The van der Waals surface area contributed by atoms with Gasteiger partial charge in [-0.3, -0.25) is 4.79 Å². The van der Waals surface area contributed by atoms with Crippen molar-refractivity contribution in [2.75, 3.05) is 6.61 Å². The Balaban J connectivity index is 1.50. The average Bonchev–Trinajstić information content (AvgIpc) is 3.47. The van der Waals surface area contributed by atoms with Gasteiger partial charge >= 0.3 is 6.18 Å². The van der Waals surface area contributed by atoms with E-state index in [0.29, 0.717) is 42.0 Å². The van der Waals surface area contributed by atoms with E-state index >= 15 is 0 Å². The molecule has 4 aromatic rings. The van der Waals surface area contributed by atoms with Gasteiger partial charge in [0.2, 0.25) is 0 Å². The zero-order chi connectivity index (χ0) is 24.1. The van der Waals surface area contributed by atoms with Gasteiger partial charge < -0.3 is 14.3 Å². The van der Waals surface area contributed by atoms with Crippen molar-refractivity contribution < 1.29 is 17.9 Å². The van der Waals surface area contributed by atoms with E-state index in [4.69, 9.17) is 4.74 Å². The van der Waals surface area contributed by atoms with Crippen LogP contribution in [0.2, 0.25) is 0 Å². The lowest BCUT2D eigenvalue weighted by molar-refractivity contribution is -0.135. The van der Waals surface area contributed by atoms with Crippen molar-refractivity contribution in [3.63, 3.8) is 0 Å². The highest BCUT2D eigenvalue weighted by Crippen LogP contribution is 2.31. The first-order valence-corrected chi connectivity index (χ1v) is 10.7. The van der Waals surface area contributed by atoms with E-state index in [1.807, 2.05) is 48.3 Å². The van der Waals surface area contributed by atoms with E-state index in [1.54, 1.807) is 12.1 Å². The summed E-state index contributed by atoms with van der Waals surface area (Å²) < 4.78 is 44.1. The number of hydrogen-bond acceptors (Lipinski definition) is 5. The van der Waals surface area contributed by atoms with Crippen LogP contribution in [0.1, 0.15) is 25.7 Å². The van der Waals surface area contributed by atoms with Gasteiger partial charge in [0, 0.05) is 42.7 Å². The molecule has 0 aliphatic rings. The minimum Gasteiger partial charge on any atom is -0.494 e. The minimum atomic E-state index is -4.11. The molecule has 4 rings (SSSR count). The maximum Gasteiger partial charge on any atom is 0.389 e. The number of hydrogen-bond donors (Lipinski definition) is 2. The second-order valence-electron chi connectivity index (χ2n) is 7.91. The van der Waals surface area contributed by atoms with Crippen molar-refractivity contribution in [3.05, 3.63) is 59.1 Å². The number of nitrogens with zero attached hydrogens (tertiary/aromatic N) is 4.